The molecular weight excluding hydrogens is 154 g/mol. The molecule has 2 heterocycles. The van der Waals surface area contributed by atoms with Gasteiger partial charge < -0.3 is 4.74 Å². The highest BCUT2D eigenvalue weighted by Crippen LogP contribution is 2.00. The lowest BCUT2D eigenvalue weighted by molar-refractivity contribution is -0.714. The number of aromatic nitrogens is 1. The lowest BCUT2D eigenvalue weighted by Crippen LogP contribution is -2.32. The van der Waals surface area contributed by atoms with Crippen molar-refractivity contribution in [3.8, 4) is 0 Å². The van der Waals surface area contributed by atoms with Crippen molar-refractivity contribution in [2.45, 2.75) is 20.6 Å². The number of pyridine rings is 1. The maximum atomic E-state index is 10.8. The first-order chi connectivity index (χ1) is 5.88. The van der Waals surface area contributed by atoms with Crippen LogP contribution in [0.15, 0.2) is 24.4 Å². The Morgan fingerprint density at radius 2 is 2.17 bits per heavy atom. The summed E-state index contributed by atoms with van der Waals surface area (Å²) in [5.41, 5.74) is 0.627. The van der Waals surface area contributed by atoms with Crippen molar-refractivity contribution in [3.05, 3.63) is 30.1 Å². The Hall–Kier alpha value is -1.38. The molecular formula is C9H12NO2+. The number of carbonyl (C=O) groups excluding carboxylic acids is 1. The molecule has 0 radical (unpaired) electrons. The summed E-state index contributed by atoms with van der Waals surface area (Å²) < 4.78 is 6.51. The molecule has 1 aliphatic rings. The molecule has 0 saturated carbocycles. The highest BCUT2D eigenvalue weighted by molar-refractivity contribution is 5.86. The minimum atomic E-state index is -0.236. The van der Waals surface area contributed by atoms with Crippen molar-refractivity contribution in [3.63, 3.8) is 0 Å². The van der Waals surface area contributed by atoms with E-state index >= 15 is 0 Å². The van der Waals surface area contributed by atoms with Gasteiger partial charge in [0.15, 0.2) is 6.20 Å². The highest BCUT2D eigenvalue weighted by atomic mass is 16.6. The minimum Gasteiger partial charge on any atom is -0.397 e. The molecule has 0 bridgehead atoms. The molecule has 3 nitrogen and oxygen atoms in total. The van der Waals surface area contributed by atoms with Crippen molar-refractivity contribution in [2.75, 3.05) is 0 Å². The van der Waals surface area contributed by atoms with E-state index < -0.39 is 0 Å². The second-order valence-electron chi connectivity index (χ2n) is 2.12. The lowest BCUT2D eigenvalue weighted by Gasteiger charge is -1.81. The summed E-state index contributed by atoms with van der Waals surface area (Å²) in [6, 6.07) is 5.43. The number of ether oxygens (including phenoxy) is 1. The Balaban J connectivity index is 0.000000336. The Morgan fingerprint density at radius 3 is 2.83 bits per heavy atom. The van der Waals surface area contributed by atoms with Gasteiger partial charge in [0.05, 0.1) is 0 Å². The molecule has 0 aromatic carbocycles. The van der Waals surface area contributed by atoms with E-state index in [0.29, 0.717) is 12.4 Å². The number of nitrogens with zero attached hydrogens (tertiary/aromatic N) is 1. The molecule has 1 aliphatic heterocycles. The summed E-state index contributed by atoms with van der Waals surface area (Å²) in [5, 5.41) is 0. The van der Waals surface area contributed by atoms with Gasteiger partial charge >= 0.3 is 5.97 Å². The molecule has 1 aromatic rings. The first-order valence-electron chi connectivity index (χ1n) is 4.03. The topological polar surface area (TPSA) is 30.2 Å². The van der Waals surface area contributed by atoms with Gasteiger partial charge in [0.2, 0.25) is 0 Å². The summed E-state index contributed by atoms with van der Waals surface area (Å²) in [4.78, 5) is 10.8. The number of rotatable bonds is 0. The van der Waals surface area contributed by atoms with E-state index in [1.165, 1.54) is 0 Å². The maximum absolute atomic E-state index is 10.8. The molecule has 0 amide bonds. The zero-order valence-corrected chi connectivity index (χ0v) is 7.28. The zero-order chi connectivity index (χ0) is 8.97. The summed E-state index contributed by atoms with van der Waals surface area (Å²) >= 11 is 0. The number of hydrogen-bond donors (Lipinski definition) is 0. The molecule has 3 heteroatoms. The van der Waals surface area contributed by atoms with Gasteiger partial charge in [-0.2, -0.15) is 4.57 Å². The highest BCUT2D eigenvalue weighted by Gasteiger charge is 2.27. The van der Waals surface area contributed by atoms with Gasteiger partial charge in [0, 0.05) is 12.1 Å². The number of cyclic esters (lactones) is 1. The van der Waals surface area contributed by atoms with E-state index in [4.69, 9.17) is 4.74 Å². The van der Waals surface area contributed by atoms with Crippen LogP contribution in [0.5, 0.6) is 0 Å². The molecule has 1 aromatic heterocycles. The van der Waals surface area contributed by atoms with Crippen LogP contribution in [0.2, 0.25) is 0 Å². The SMILES string of the molecule is CC.O=C1OC[n+]2ccccc21. The van der Waals surface area contributed by atoms with E-state index in [-0.39, 0.29) is 5.97 Å². The number of esters is 1. The fourth-order valence-corrected chi connectivity index (χ4v) is 0.976. The van der Waals surface area contributed by atoms with E-state index in [1.807, 2.05) is 32.2 Å². The third-order valence-electron chi connectivity index (χ3n) is 1.48. The molecule has 0 saturated heterocycles. The fraction of sp³-hybridized carbons (Fsp3) is 0.333. The molecule has 64 valence electrons. The third-order valence-corrected chi connectivity index (χ3v) is 1.48. The average molecular weight is 166 g/mol. The van der Waals surface area contributed by atoms with Crippen LogP contribution in [0, 0.1) is 0 Å². The zero-order valence-electron chi connectivity index (χ0n) is 7.28. The predicted octanol–water partition coefficient (Wildman–Crippen LogP) is 1.13. The quantitative estimate of drug-likeness (QED) is 0.427. The maximum Gasteiger partial charge on any atom is 0.408 e. The van der Waals surface area contributed by atoms with Crippen molar-refractivity contribution in [1.82, 2.24) is 0 Å². The van der Waals surface area contributed by atoms with Gasteiger partial charge in [-0.15, -0.1) is 0 Å². The van der Waals surface area contributed by atoms with Crippen LogP contribution in [0.3, 0.4) is 0 Å². The van der Waals surface area contributed by atoms with E-state index in [1.54, 1.807) is 10.6 Å². The van der Waals surface area contributed by atoms with Gasteiger partial charge in [-0.05, 0) is 6.07 Å². The van der Waals surface area contributed by atoms with E-state index in [0.717, 1.165) is 0 Å². The number of hydrogen-bond acceptors (Lipinski definition) is 2. The van der Waals surface area contributed by atoms with Gasteiger partial charge in [-0.25, -0.2) is 4.79 Å². The standard InChI is InChI=1S/C7H6NO2.C2H6/c9-7-6-3-1-2-4-8(6)5-10-7;1-2/h1-4H,5H2;1-2H3/q+1;. The first kappa shape index (κ1) is 8.71. The van der Waals surface area contributed by atoms with Crippen LogP contribution in [0.25, 0.3) is 0 Å². The van der Waals surface area contributed by atoms with Gasteiger partial charge in [0.25, 0.3) is 12.4 Å². The van der Waals surface area contributed by atoms with Crippen molar-refractivity contribution in [2.24, 2.45) is 0 Å². The van der Waals surface area contributed by atoms with Crippen LogP contribution < -0.4 is 4.57 Å². The molecule has 0 unspecified atom stereocenters. The minimum absolute atomic E-state index is 0.236. The molecule has 0 aliphatic carbocycles. The summed E-state index contributed by atoms with van der Waals surface area (Å²) in [7, 11) is 0. The molecule has 12 heavy (non-hydrogen) atoms. The van der Waals surface area contributed by atoms with Crippen LogP contribution in [0.1, 0.15) is 24.3 Å². The van der Waals surface area contributed by atoms with Crippen LogP contribution in [0.4, 0.5) is 0 Å². The lowest BCUT2D eigenvalue weighted by atomic mass is 10.3. The molecule has 0 fully saturated rings. The average Bonchev–Trinajstić information content (AvgIpc) is 2.53. The van der Waals surface area contributed by atoms with Crippen LogP contribution in [-0.2, 0) is 11.5 Å². The second kappa shape index (κ2) is 3.85. The smallest absolute Gasteiger partial charge is 0.397 e. The second-order valence-corrected chi connectivity index (χ2v) is 2.12. The molecule has 0 N–H and O–H groups in total. The summed E-state index contributed by atoms with van der Waals surface area (Å²) in [5.74, 6) is -0.236. The number of carbonyl (C=O) groups is 1. The van der Waals surface area contributed by atoms with Crippen LogP contribution in [-0.4, -0.2) is 5.97 Å². The Labute approximate surface area is 71.6 Å². The third kappa shape index (κ3) is 1.44. The fourth-order valence-electron chi connectivity index (χ4n) is 0.976. The summed E-state index contributed by atoms with van der Waals surface area (Å²) in [6.45, 7) is 4.36. The van der Waals surface area contributed by atoms with Gasteiger partial charge in [0.1, 0.15) is 0 Å². The van der Waals surface area contributed by atoms with Crippen LogP contribution >= 0.6 is 0 Å². The van der Waals surface area contributed by atoms with Gasteiger partial charge in [-0.3, -0.25) is 0 Å². The normalized spacial score (nSPS) is 12.7. The predicted molar refractivity (Wildman–Crippen MR) is 43.4 cm³/mol. The first-order valence-corrected chi connectivity index (χ1v) is 4.03. The summed E-state index contributed by atoms with van der Waals surface area (Å²) in [6.07, 6.45) is 1.82. The Bertz CT molecular complexity index is 284. The van der Waals surface area contributed by atoms with Crippen molar-refractivity contribution < 1.29 is 14.1 Å². The van der Waals surface area contributed by atoms with E-state index in [2.05, 4.69) is 0 Å². The molecule has 0 atom stereocenters. The Morgan fingerprint density at radius 1 is 1.42 bits per heavy atom. The molecule has 2 rings (SSSR count). The van der Waals surface area contributed by atoms with Gasteiger partial charge in [-0.1, -0.05) is 13.8 Å². The largest absolute Gasteiger partial charge is 0.408 e. The van der Waals surface area contributed by atoms with Crippen molar-refractivity contribution >= 4 is 5.97 Å². The van der Waals surface area contributed by atoms with Crippen molar-refractivity contribution in [1.29, 1.82) is 0 Å². The monoisotopic (exact) mass is 166 g/mol. The van der Waals surface area contributed by atoms with E-state index in [9.17, 15) is 4.79 Å². The number of fused-ring (bicyclic) bond motifs is 1. The Kier molecular flexibility index (Phi) is 2.80. The molecule has 0 spiro atoms.